The lowest BCUT2D eigenvalue weighted by molar-refractivity contribution is 0.102. The van der Waals surface area contributed by atoms with E-state index in [9.17, 15) is 14.4 Å². The predicted octanol–water partition coefficient (Wildman–Crippen LogP) is 1.21. The van der Waals surface area contributed by atoms with Gasteiger partial charge in [0.05, 0.1) is 25.5 Å². The summed E-state index contributed by atoms with van der Waals surface area (Å²) in [5.41, 5.74) is 0.312. The molecule has 0 fully saturated rings. The first-order chi connectivity index (χ1) is 13.3. The molecule has 9 heteroatoms. The summed E-state index contributed by atoms with van der Waals surface area (Å²) in [6.45, 7) is 1.72. The number of nitrogens with one attached hydrogen (secondary N) is 1. The highest BCUT2D eigenvalue weighted by Crippen LogP contribution is 2.27. The minimum atomic E-state index is -0.536. The maximum atomic E-state index is 12.9. The second-order valence-corrected chi connectivity index (χ2v) is 6.24. The van der Waals surface area contributed by atoms with Crippen LogP contribution >= 0.6 is 0 Å². The highest BCUT2D eigenvalue weighted by Gasteiger charge is 2.20. The number of nitrogens with zero attached hydrogens (tertiary/aromatic N) is 3. The lowest BCUT2D eigenvalue weighted by atomic mass is 10.1. The Hall–Kier alpha value is -3.62. The molecule has 0 bridgehead atoms. The molecule has 3 aromatic rings. The fourth-order valence-corrected chi connectivity index (χ4v) is 2.95. The Kier molecular flexibility index (Phi) is 4.91. The molecule has 0 unspecified atom stereocenters. The summed E-state index contributed by atoms with van der Waals surface area (Å²) in [7, 11) is 5.86. The molecule has 0 atom stereocenters. The van der Waals surface area contributed by atoms with Gasteiger partial charge in [0.25, 0.3) is 11.5 Å². The summed E-state index contributed by atoms with van der Waals surface area (Å²) in [6, 6.07) is 4.80. The van der Waals surface area contributed by atoms with Crippen molar-refractivity contribution in [2.75, 3.05) is 19.5 Å². The Morgan fingerprint density at radius 2 is 1.82 bits per heavy atom. The van der Waals surface area contributed by atoms with E-state index in [0.717, 1.165) is 4.57 Å². The van der Waals surface area contributed by atoms with Crippen molar-refractivity contribution in [2.45, 2.75) is 6.92 Å². The molecule has 0 aliphatic carbocycles. The van der Waals surface area contributed by atoms with Crippen LogP contribution in [0.1, 0.15) is 15.9 Å². The summed E-state index contributed by atoms with van der Waals surface area (Å²) in [4.78, 5) is 42.0. The van der Waals surface area contributed by atoms with Crippen molar-refractivity contribution in [1.29, 1.82) is 0 Å². The van der Waals surface area contributed by atoms with E-state index < -0.39 is 17.2 Å². The molecule has 28 heavy (non-hydrogen) atoms. The van der Waals surface area contributed by atoms with Crippen molar-refractivity contribution in [1.82, 2.24) is 14.1 Å². The summed E-state index contributed by atoms with van der Waals surface area (Å²) in [5, 5.41) is 2.93. The fraction of sp³-hybridized carbons (Fsp3) is 0.263. The number of pyridine rings is 1. The molecule has 0 saturated carbocycles. The molecular formula is C19H20N4O5. The smallest absolute Gasteiger partial charge is 0.332 e. The number of methoxy groups -OCH3 is 2. The SMILES string of the molecule is COc1ccc(C(=O)Nc2c(C)cnc3c2c(=O)n(C)c(=O)n3C)c(OC)c1. The Morgan fingerprint density at radius 3 is 2.46 bits per heavy atom. The van der Waals surface area contributed by atoms with Gasteiger partial charge in [-0.05, 0) is 24.6 Å². The Balaban J connectivity index is 2.18. The maximum Gasteiger partial charge on any atom is 0.332 e. The van der Waals surface area contributed by atoms with E-state index in [1.54, 1.807) is 25.1 Å². The first-order valence-electron chi connectivity index (χ1n) is 8.38. The average Bonchev–Trinajstić information content (AvgIpc) is 2.71. The van der Waals surface area contributed by atoms with Crippen LogP contribution in [0.15, 0.2) is 34.0 Å². The molecule has 1 N–H and O–H groups in total. The zero-order chi connectivity index (χ0) is 20.6. The summed E-state index contributed by atoms with van der Waals surface area (Å²) < 4.78 is 12.7. The van der Waals surface area contributed by atoms with Gasteiger partial charge in [-0.15, -0.1) is 0 Å². The largest absolute Gasteiger partial charge is 0.497 e. The molecule has 2 heterocycles. The molecule has 2 aromatic heterocycles. The van der Waals surface area contributed by atoms with E-state index in [1.165, 1.54) is 39.1 Å². The normalized spacial score (nSPS) is 10.8. The number of aryl methyl sites for hydroxylation is 2. The van der Waals surface area contributed by atoms with Gasteiger partial charge >= 0.3 is 5.69 Å². The molecule has 0 spiro atoms. The zero-order valence-corrected chi connectivity index (χ0v) is 16.2. The van der Waals surface area contributed by atoms with Gasteiger partial charge in [0, 0.05) is 26.4 Å². The van der Waals surface area contributed by atoms with Crippen molar-refractivity contribution in [3.8, 4) is 11.5 Å². The first kappa shape index (κ1) is 19.2. The third kappa shape index (κ3) is 3.00. The van der Waals surface area contributed by atoms with Gasteiger partial charge < -0.3 is 14.8 Å². The van der Waals surface area contributed by atoms with Crippen LogP contribution in [0.25, 0.3) is 11.0 Å². The number of aromatic nitrogens is 3. The lowest BCUT2D eigenvalue weighted by Crippen LogP contribution is -2.37. The van der Waals surface area contributed by atoms with E-state index in [2.05, 4.69) is 10.3 Å². The van der Waals surface area contributed by atoms with Gasteiger partial charge in [-0.2, -0.15) is 0 Å². The highest BCUT2D eigenvalue weighted by atomic mass is 16.5. The van der Waals surface area contributed by atoms with Crippen molar-refractivity contribution >= 4 is 22.6 Å². The number of fused-ring (bicyclic) bond motifs is 1. The lowest BCUT2D eigenvalue weighted by Gasteiger charge is -2.15. The van der Waals surface area contributed by atoms with Crippen LogP contribution in [0.2, 0.25) is 0 Å². The van der Waals surface area contributed by atoms with Crippen molar-refractivity contribution < 1.29 is 14.3 Å². The van der Waals surface area contributed by atoms with Crippen molar-refractivity contribution in [3.05, 3.63) is 56.4 Å². The Morgan fingerprint density at radius 1 is 1.11 bits per heavy atom. The van der Waals surface area contributed by atoms with Crippen molar-refractivity contribution in [3.63, 3.8) is 0 Å². The van der Waals surface area contributed by atoms with Crippen LogP contribution in [-0.2, 0) is 14.1 Å². The monoisotopic (exact) mass is 384 g/mol. The minimum Gasteiger partial charge on any atom is -0.497 e. The number of benzene rings is 1. The number of hydrogen-bond acceptors (Lipinski definition) is 6. The summed E-state index contributed by atoms with van der Waals surface area (Å²) >= 11 is 0. The maximum absolute atomic E-state index is 12.9. The standard InChI is InChI=1S/C19H20N4O5/c1-10-9-20-16-14(18(25)23(3)19(26)22(16)2)15(10)21-17(24)12-7-6-11(27-4)8-13(12)28-5/h6-9H,1-5H3,(H,20,21,24). The Bertz CT molecular complexity index is 1210. The number of ether oxygens (including phenoxy) is 2. The molecule has 0 aliphatic heterocycles. The molecule has 9 nitrogen and oxygen atoms in total. The van der Waals surface area contributed by atoms with E-state index in [0.29, 0.717) is 22.7 Å². The van der Waals surface area contributed by atoms with E-state index in [4.69, 9.17) is 9.47 Å². The van der Waals surface area contributed by atoms with Gasteiger partial charge in [-0.1, -0.05) is 0 Å². The summed E-state index contributed by atoms with van der Waals surface area (Å²) in [6.07, 6.45) is 1.50. The average molecular weight is 384 g/mol. The number of rotatable bonds is 4. The van der Waals surface area contributed by atoms with Gasteiger partial charge in [-0.3, -0.25) is 18.7 Å². The number of amides is 1. The van der Waals surface area contributed by atoms with Gasteiger partial charge in [-0.25, -0.2) is 9.78 Å². The molecule has 0 aliphatic rings. The number of carbonyl (C=O) groups is 1. The zero-order valence-electron chi connectivity index (χ0n) is 16.2. The second kappa shape index (κ2) is 7.18. The first-order valence-corrected chi connectivity index (χ1v) is 8.38. The number of hydrogen-bond donors (Lipinski definition) is 1. The van der Waals surface area contributed by atoms with Crippen LogP contribution in [0.3, 0.4) is 0 Å². The molecule has 146 valence electrons. The van der Waals surface area contributed by atoms with Crippen molar-refractivity contribution in [2.24, 2.45) is 14.1 Å². The van der Waals surface area contributed by atoms with Crippen LogP contribution < -0.4 is 26.0 Å². The number of anilines is 1. The number of carbonyl (C=O) groups excluding carboxylic acids is 1. The quantitative estimate of drug-likeness (QED) is 0.725. The molecule has 0 radical (unpaired) electrons. The fourth-order valence-electron chi connectivity index (χ4n) is 2.95. The van der Waals surface area contributed by atoms with Crippen LogP contribution in [0.5, 0.6) is 11.5 Å². The van der Waals surface area contributed by atoms with Gasteiger partial charge in [0.15, 0.2) is 5.65 Å². The van der Waals surface area contributed by atoms with Gasteiger partial charge in [0.1, 0.15) is 16.9 Å². The Labute approximate surface area is 160 Å². The molecular weight excluding hydrogens is 364 g/mol. The van der Waals surface area contributed by atoms with Gasteiger partial charge in [0.2, 0.25) is 0 Å². The molecule has 1 aromatic carbocycles. The predicted molar refractivity (Wildman–Crippen MR) is 104 cm³/mol. The molecule has 0 saturated heterocycles. The molecule has 1 amide bonds. The third-order valence-electron chi connectivity index (χ3n) is 4.55. The molecule has 3 rings (SSSR count). The second-order valence-electron chi connectivity index (χ2n) is 6.24. The third-order valence-corrected chi connectivity index (χ3v) is 4.55. The highest BCUT2D eigenvalue weighted by molar-refractivity contribution is 6.10. The van der Waals surface area contributed by atoms with Crippen LogP contribution in [0.4, 0.5) is 5.69 Å². The van der Waals surface area contributed by atoms with Crippen LogP contribution in [0, 0.1) is 6.92 Å². The van der Waals surface area contributed by atoms with E-state index in [-0.39, 0.29) is 16.6 Å². The topological polar surface area (TPSA) is 104 Å². The minimum absolute atomic E-state index is 0.158. The summed E-state index contributed by atoms with van der Waals surface area (Å²) in [5.74, 6) is 0.405. The van der Waals surface area contributed by atoms with Crippen LogP contribution in [-0.4, -0.2) is 34.2 Å². The van der Waals surface area contributed by atoms with E-state index in [1.807, 2.05) is 0 Å². The van der Waals surface area contributed by atoms with E-state index >= 15 is 0 Å².